The van der Waals surface area contributed by atoms with Gasteiger partial charge >= 0.3 is 0 Å². The molecular formula is C9H14N6. The summed E-state index contributed by atoms with van der Waals surface area (Å²) in [7, 11) is 1.93. The van der Waals surface area contributed by atoms with Crippen molar-refractivity contribution in [3.8, 4) is 0 Å². The normalized spacial score (nSPS) is 10.8. The molecule has 0 saturated carbocycles. The van der Waals surface area contributed by atoms with Crippen molar-refractivity contribution in [2.75, 3.05) is 5.73 Å². The number of anilines is 1. The second-order valence-electron chi connectivity index (χ2n) is 3.45. The Balaban J connectivity index is 2.20. The second-order valence-corrected chi connectivity index (χ2v) is 3.45. The zero-order chi connectivity index (χ0) is 10.8. The molecule has 2 aromatic heterocycles. The summed E-state index contributed by atoms with van der Waals surface area (Å²) in [4.78, 5) is 0. The van der Waals surface area contributed by atoms with E-state index in [0.717, 1.165) is 17.8 Å². The summed E-state index contributed by atoms with van der Waals surface area (Å²) >= 11 is 0. The van der Waals surface area contributed by atoms with Gasteiger partial charge in [0.2, 0.25) is 0 Å². The molecule has 0 spiro atoms. The molecule has 0 aliphatic heterocycles. The molecule has 0 bridgehead atoms. The van der Waals surface area contributed by atoms with Gasteiger partial charge in [0.15, 0.2) is 5.82 Å². The van der Waals surface area contributed by atoms with Gasteiger partial charge in [0.25, 0.3) is 0 Å². The van der Waals surface area contributed by atoms with Crippen LogP contribution in [-0.4, -0.2) is 24.8 Å². The van der Waals surface area contributed by atoms with Crippen molar-refractivity contribution in [2.45, 2.75) is 19.9 Å². The largest absolute Gasteiger partial charge is 0.381 e. The monoisotopic (exact) mass is 206 g/mol. The molecule has 2 rings (SSSR count). The lowest BCUT2D eigenvalue weighted by Gasteiger charge is -1.99. The van der Waals surface area contributed by atoms with Gasteiger partial charge in [-0.2, -0.15) is 5.10 Å². The van der Waals surface area contributed by atoms with Crippen molar-refractivity contribution in [1.82, 2.24) is 24.8 Å². The molecule has 6 heteroatoms. The Morgan fingerprint density at radius 2 is 2.27 bits per heavy atom. The summed E-state index contributed by atoms with van der Waals surface area (Å²) in [5.41, 5.74) is 7.66. The topological polar surface area (TPSA) is 74.6 Å². The first kappa shape index (κ1) is 9.70. The highest BCUT2D eigenvalue weighted by Gasteiger charge is 2.05. The molecule has 2 heterocycles. The van der Waals surface area contributed by atoms with Gasteiger partial charge in [0.05, 0.1) is 24.1 Å². The maximum absolute atomic E-state index is 5.48. The summed E-state index contributed by atoms with van der Waals surface area (Å²) < 4.78 is 3.56. The van der Waals surface area contributed by atoms with E-state index in [1.54, 1.807) is 10.9 Å². The first-order valence-corrected chi connectivity index (χ1v) is 4.86. The predicted molar refractivity (Wildman–Crippen MR) is 56.1 cm³/mol. The molecule has 0 fully saturated rings. The van der Waals surface area contributed by atoms with Crippen molar-refractivity contribution in [3.63, 3.8) is 0 Å². The minimum Gasteiger partial charge on any atom is -0.381 e. The zero-order valence-electron chi connectivity index (χ0n) is 8.88. The lowest BCUT2D eigenvalue weighted by atomic mass is 10.3. The molecule has 2 N–H and O–H groups in total. The highest BCUT2D eigenvalue weighted by Crippen LogP contribution is 2.06. The Kier molecular flexibility index (Phi) is 2.40. The minimum absolute atomic E-state index is 0.438. The molecule has 0 aliphatic rings. The highest BCUT2D eigenvalue weighted by atomic mass is 15.4. The Morgan fingerprint density at radius 1 is 1.47 bits per heavy atom. The molecule has 0 aliphatic carbocycles. The summed E-state index contributed by atoms with van der Waals surface area (Å²) in [5, 5.41) is 12.0. The van der Waals surface area contributed by atoms with E-state index in [4.69, 9.17) is 5.73 Å². The first-order chi connectivity index (χ1) is 7.19. The molecule has 2 aromatic rings. The predicted octanol–water partition coefficient (Wildman–Crippen LogP) is 0.204. The van der Waals surface area contributed by atoms with Crippen molar-refractivity contribution in [2.24, 2.45) is 7.05 Å². The van der Waals surface area contributed by atoms with E-state index in [1.807, 2.05) is 11.7 Å². The lowest BCUT2D eigenvalue weighted by molar-refractivity contribution is 0.598. The average molecular weight is 206 g/mol. The first-order valence-electron chi connectivity index (χ1n) is 4.86. The minimum atomic E-state index is 0.438. The van der Waals surface area contributed by atoms with Crippen LogP contribution in [-0.2, 0) is 20.0 Å². The highest BCUT2D eigenvalue weighted by molar-refractivity contribution is 5.20. The number of aromatic nitrogens is 5. The van der Waals surface area contributed by atoms with Gasteiger partial charge in [-0.15, -0.1) is 5.10 Å². The average Bonchev–Trinajstić information content (AvgIpc) is 2.75. The van der Waals surface area contributed by atoms with E-state index in [0.29, 0.717) is 12.4 Å². The molecule has 6 nitrogen and oxygen atoms in total. The quantitative estimate of drug-likeness (QED) is 0.778. The SMILES string of the molecule is CCc1cc(Cn2cc(N)nn2)n(C)n1. The van der Waals surface area contributed by atoms with Crippen LogP contribution in [0, 0.1) is 0 Å². The fraction of sp³-hybridized carbons (Fsp3) is 0.444. The van der Waals surface area contributed by atoms with Gasteiger partial charge < -0.3 is 5.73 Å². The van der Waals surface area contributed by atoms with E-state index >= 15 is 0 Å². The lowest BCUT2D eigenvalue weighted by Crippen LogP contribution is -2.06. The molecule has 0 saturated heterocycles. The van der Waals surface area contributed by atoms with E-state index < -0.39 is 0 Å². The van der Waals surface area contributed by atoms with Crippen LogP contribution in [0.5, 0.6) is 0 Å². The van der Waals surface area contributed by atoms with Crippen LogP contribution < -0.4 is 5.73 Å². The van der Waals surface area contributed by atoms with Gasteiger partial charge in [-0.3, -0.25) is 4.68 Å². The number of nitrogens with zero attached hydrogens (tertiary/aromatic N) is 5. The third kappa shape index (κ3) is 1.98. The molecule has 0 atom stereocenters. The zero-order valence-corrected chi connectivity index (χ0v) is 8.88. The summed E-state index contributed by atoms with van der Waals surface area (Å²) in [6, 6.07) is 2.07. The van der Waals surface area contributed by atoms with Crippen LogP contribution in [0.3, 0.4) is 0 Å². The van der Waals surface area contributed by atoms with Crippen LogP contribution in [0.4, 0.5) is 5.82 Å². The van der Waals surface area contributed by atoms with Gasteiger partial charge in [-0.1, -0.05) is 12.1 Å². The number of rotatable bonds is 3. The molecule has 0 unspecified atom stereocenters. The standard InChI is InChI=1S/C9H14N6/c1-3-7-4-8(14(2)12-7)5-15-6-9(10)11-13-15/h4,6H,3,5,10H2,1-2H3. The van der Waals surface area contributed by atoms with Crippen LogP contribution >= 0.6 is 0 Å². The van der Waals surface area contributed by atoms with Gasteiger partial charge in [-0.05, 0) is 12.5 Å². The number of aryl methyl sites for hydroxylation is 2. The van der Waals surface area contributed by atoms with E-state index in [2.05, 4.69) is 28.4 Å². The third-order valence-corrected chi connectivity index (χ3v) is 2.27. The number of hydrogen-bond donors (Lipinski definition) is 1. The molecular weight excluding hydrogens is 192 g/mol. The summed E-state index contributed by atoms with van der Waals surface area (Å²) in [5.74, 6) is 0.438. The Bertz CT molecular complexity index is 455. The van der Waals surface area contributed by atoms with E-state index in [-0.39, 0.29) is 0 Å². The van der Waals surface area contributed by atoms with Crippen LogP contribution in [0.25, 0.3) is 0 Å². The summed E-state index contributed by atoms with van der Waals surface area (Å²) in [6.07, 6.45) is 2.64. The molecule has 15 heavy (non-hydrogen) atoms. The van der Waals surface area contributed by atoms with Crippen LogP contribution in [0.1, 0.15) is 18.3 Å². The van der Waals surface area contributed by atoms with E-state index in [9.17, 15) is 0 Å². The molecule has 0 radical (unpaired) electrons. The smallest absolute Gasteiger partial charge is 0.165 e. The maximum Gasteiger partial charge on any atom is 0.165 e. The number of nitrogen functional groups attached to an aromatic ring is 1. The Labute approximate surface area is 87.7 Å². The number of nitrogens with two attached hydrogens (primary N) is 1. The van der Waals surface area contributed by atoms with Gasteiger partial charge in [0, 0.05) is 7.05 Å². The maximum atomic E-state index is 5.48. The van der Waals surface area contributed by atoms with Gasteiger partial charge in [-0.25, -0.2) is 4.68 Å². The number of hydrogen-bond acceptors (Lipinski definition) is 4. The molecule has 0 amide bonds. The van der Waals surface area contributed by atoms with Crippen molar-refractivity contribution in [3.05, 3.63) is 23.7 Å². The molecule has 80 valence electrons. The van der Waals surface area contributed by atoms with Crippen LogP contribution in [0.2, 0.25) is 0 Å². The fourth-order valence-corrected chi connectivity index (χ4v) is 1.45. The fourth-order valence-electron chi connectivity index (χ4n) is 1.45. The van der Waals surface area contributed by atoms with Gasteiger partial charge in [0.1, 0.15) is 0 Å². The van der Waals surface area contributed by atoms with Crippen molar-refractivity contribution < 1.29 is 0 Å². The third-order valence-electron chi connectivity index (χ3n) is 2.27. The summed E-state index contributed by atoms with van der Waals surface area (Å²) in [6.45, 7) is 2.73. The Morgan fingerprint density at radius 3 is 2.80 bits per heavy atom. The Hall–Kier alpha value is -1.85. The van der Waals surface area contributed by atoms with Crippen molar-refractivity contribution in [1.29, 1.82) is 0 Å². The molecule has 0 aromatic carbocycles. The van der Waals surface area contributed by atoms with E-state index in [1.165, 1.54) is 0 Å². The second kappa shape index (κ2) is 3.72. The van der Waals surface area contributed by atoms with Crippen molar-refractivity contribution >= 4 is 5.82 Å². The van der Waals surface area contributed by atoms with Crippen LogP contribution in [0.15, 0.2) is 12.3 Å².